The predicted molar refractivity (Wildman–Crippen MR) is 45.7 cm³/mol. The van der Waals surface area contributed by atoms with E-state index in [1.54, 1.807) is 7.05 Å². The number of fused-ring (bicyclic) bond motifs is 1. The number of hydrogen-bond donors (Lipinski definition) is 1. The summed E-state index contributed by atoms with van der Waals surface area (Å²) in [5, 5.41) is 3.90. The molecule has 1 N–H and O–H groups in total. The summed E-state index contributed by atoms with van der Waals surface area (Å²) in [6.45, 7) is 0. The van der Waals surface area contributed by atoms with Gasteiger partial charge in [-0.15, -0.1) is 5.10 Å². The number of aromatic nitrogens is 4. The molecule has 13 heavy (non-hydrogen) atoms. The van der Waals surface area contributed by atoms with E-state index in [-0.39, 0.29) is 5.56 Å². The first kappa shape index (κ1) is 7.78. The second-order valence-corrected chi connectivity index (χ2v) is 2.56. The quantitative estimate of drug-likeness (QED) is 0.651. The maximum atomic E-state index is 11.4. The topological polar surface area (TPSA) is 72.8 Å². The Bertz CT molecular complexity index is 499. The molecular formula is C7H8N4O2. The van der Waals surface area contributed by atoms with E-state index in [0.717, 1.165) is 0 Å². The number of hydrogen-bond acceptors (Lipinski definition) is 4. The van der Waals surface area contributed by atoms with Crippen LogP contribution in [0, 0.1) is 0 Å². The van der Waals surface area contributed by atoms with Crippen LogP contribution in [-0.2, 0) is 7.05 Å². The van der Waals surface area contributed by atoms with Gasteiger partial charge in [0.25, 0.3) is 11.4 Å². The van der Waals surface area contributed by atoms with Gasteiger partial charge in [0.05, 0.1) is 13.4 Å². The average Bonchev–Trinajstić information content (AvgIpc) is 2.60. The van der Waals surface area contributed by atoms with E-state index in [4.69, 9.17) is 4.74 Å². The molecule has 0 aliphatic heterocycles. The first-order valence-corrected chi connectivity index (χ1v) is 3.68. The van der Waals surface area contributed by atoms with Crippen molar-refractivity contribution in [1.82, 2.24) is 19.7 Å². The summed E-state index contributed by atoms with van der Waals surface area (Å²) in [6, 6.07) is 0. The van der Waals surface area contributed by atoms with Gasteiger partial charge < -0.3 is 9.72 Å². The number of H-pyrrole nitrogens is 1. The number of aromatic amines is 1. The summed E-state index contributed by atoms with van der Waals surface area (Å²) in [6.07, 6.45) is 1.44. The lowest BCUT2D eigenvalue weighted by Gasteiger charge is -2.01. The molecule has 2 aromatic rings. The molecule has 0 saturated heterocycles. The van der Waals surface area contributed by atoms with Crippen LogP contribution in [-0.4, -0.2) is 26.9 Å². The van der Waals surface area contributed by atoms with Crippen molar-refractivity contribution in [2.45, 2.75) is 0 Å². The molecule has 0 bridgehead atoms. The lowest BCUT2D eigenvalue weighted by atomic mass is 10.4. The first-order valence-electron chi connectivity index (χ1n) is 3.68. The van der Waals surface area contributed by atoms with Gasteiger partial charge >= 0.3 is 0 Å². The monoisotopic (exact) mass is 180 g/mol. The molecule has 0 unspecified atom stereocenters. The van der Waals surface area contributed by atoms with Crippen LogP contribution in [0.15, 0.2) is 11.1 Å². The predicted octanol–water partition coefficient (Wildman–Crippen LogP) is -0.335. The number of nitrogens with zero attached hydrogens (tertiary/aromatic N) is 3. The molecule has 0 fully saturated rings. The van der Waals surface area contributed by atoms with E-state index in [2.05, 4.69) is 15.1 Å². The van der Waals surface area contributed by atoms with Crippen LogP contribution in [0.1, 0.15) is 0 Å². The summed E-state index contributed by atoms with van der Waals surface area (Å²) in [4.78, 5) is 18.1. The van der Waals surface area contributed by atoms with E-state index in [0.29, 0.717) is 16.9 Å². The zero-order chi connectivity index (χ0) is 9.42. The molecule has 0 atom stereocenters. The molecule has 6 heteroatoms. The van der Waals surface area contributed by atoms with Crippen molar-refractivity contribution in [2.24, 2.45) is 7.05 Å². The average molecular weight is 180 g/mol. The van der Waals surface area contributed by atoms with Gasteiger partial charge in [-0.25, -0.2) is 9.67 Å². The Hall–Kier alpha value is -1.85. The van der Waals surface area contributed by atoms with Crippen molar-refractivity contribution >= 4 is 11.0 Å². The smallest absolute Gasteiger partial charge is 0.294 e. The van der Waals surface area contributed by atoms with Crippen LogP contribution in [0.5, 0.6) is 5.88 Å². The number of rotatable bonds is 1. The van der Waals surface area contributed by atoms with E-state index >= 15 is 0 Å². The third-order valence-electron chi connectivity index (χ3n) is 1.78. The van der Waals surface area contributed by atoms with Crippen molar-refractivity contribution in [3.05, 3.63) is 16.7 Å². The Labute approximate surface area is 73.2 Å². The lowest BCUT2D eigenvalue weighted by molar-refractivity contribution is 0.387. The van der Waals surface area contributed by atoms with Crippen LogP contribution in [0.3, 0.4) is 0 Å². The minimum absolute atomic E-state index is 0.239. The number of aryl methyl sites for hydroxylation is 1. The lowest BCUT2D eigenvalue weighted by Crippen LogP contribution is -2.20. The van der Waals surface area contributed by atoms with Crippen molar-refractivity contribution in [1.29, 1.82) is 0 Å². The van der Waals surface area contributed by atoms with E-state index in [1.165, 1.54) is 18.1 Å². The SMILES string of the molecule is COc1nn(C)c(=O)c2nc[nH]c12. The van der Waals surface area contributed by atoms with Gasteiger partial charge in [-0.1, -0.05) is 0 Å². The summed E-state index contributed by atoms with van der Waals surface area (Å²) in [5.74, 6) is 0.370. The fraction of sp³-hybridized carbons (Fsp3) is 0.286. The van der Waals surface area contributed by atoms with Crippen LogP contribution >= 0.6 is 0 Å². The Balaban J connectivity index is 2.95. The van der Waals surface area contributed by atoms with Crippen LogP contribution in [0.2, 0.25) is 0 Å². The molecule has 2 heterocycles. The minimum atomic E-state index is -0.239. The standard InChI is InChI=1S/C7H8N4O2/c1-11-7(12)5-4(8-3-9-5)6(10-11)13-2/h3H,1-2H3,(H,8,9). The molecule has 0 amide bonds. The van der Waals surface area contributed by atoms with Crippen LogP contribution in [0.25, 0.3) is 11.0 Å². The Kier molecular flexibility index (Phi) is 1.54. The Morgan fingerprint density at radius 1 is 1.62 bits per heavy atom. The molecular weight excluding hydrogens is 172 g/mol. The zero-order valence-electron chi connectivity index (χ0n) is 7.24. The molecule has 0 aliphatic carbocycles. The summed E-state index contributed by atoms with van der Waals surface area (Å²) < 4.78 is 6.18. The molecule has 6 nitrogen and oxygen atoms in total. The highest BCUT2D eigenvalue weighted by atomic mass is 16.5. The number of ether oxygens (including phenoxy) is 1. The first-order chi connectivity index (χ1) is 6.24. The van der Waals surface area contributed by atoms with Gasteiger partial charge in [-0.05, 0) is 0 Å². The van der Waals surface area contributed by atoms with Crippen molar-refractivity contribution in [2.75, 3.05) is 7.11 Å². The van der Waals surface area contributed by atoms with Crippen molar-refractivity contribution in [3.8, 4) is 5.88 Å². The molecule has 0 radical (unpaired) electrons. The third-order valence-corrected chi connectivity index (χ3v) is 1.78. The second-order valence-electron chi connectivity index (χ2n) is 2.56. The summed E-state index contributed by atoms with van der Waals surface area (Å²) in [7, 11) is 3.05. The van der Waals surface area contributed by atoms with Crippen molar-refractivity contribution < 1.29 is 4.74 Å². The van der Waals surface area contributed by atoms with E-state index < -0.39 is 0 Å². The zero-order valence-corrected chi connectivity index (χ0v) is 7.24. The maximum absolute atomic E-state index is 11.4. The summed E-state index contributed by atoms with van der Waals surface area (Å²) in [5.41, 5.74) is 0.636. The van der Waals surface area contributed by atoms with E-state index in [1.807, 2.05) is 0 Å². The molecule has 68 valence electrons. The van der Waals surface area contributed by atoms with E-state index in [9.17, 15) is 4.79 Å². The highest BCUT2D eigenvalue weighted by Gasteiger charge is 2.10. The molecule has 0 aliphatic rings. The minimum Gasteiger partial charge on any atom is -0.478 e. The van der Waals surface area contributed by atoms with Crippen LogP contribution in [0.4, 0.5) is 0 Å². The largest absolute Gasteiger partial charge is 0.478 e. The molecule has 2 aromatic heterocycles. The Morgan fingerprint density at radius 3 is 3.08 bits per heavy atom. The summed E-state index contributed by atoms with van der Waals surface area (Å²) >= 11 is 0. The van der Waals surface area contributed by atoms with Gasteiger partial charge in [-0.3, -0.25) is 4.79 Å². The van der Waals surface area contributed by atoms with Gasteiger partial charge in [0.15, 0.2) is 5.52 Å². The number of imidazole rings is 1. The molecule has 0 saturated carbocycles. The van der Waals surface area contributed by atoms with Crippen LogP contribution < -0.4 is 10.3 Å². The second kappa shape index (κ2) is 2.58. The third kappa shape index (κ3) is 0.986. The Morgan fingerprint density at radius 2 is 2.38 bits per heavy atom. The highest BCUT2D eigenvalue weighted by Crippen LogP contribution is 2.14. The highest BCUT2D eigenvalue weighted by molar-refractivity contribution is 5.77. The van der Waals surface area contributed by atoms with Gasteiger partial charge in [0, 0.05) is 7.05 Å². The van der Waals surface area contributed by atoms with Gasteiger partial charge in [-0.2, -0.15) is 0 Å². The van der Waals surface area contributed by atoms with Crippen molar-refractivity contribution in [3.63, 3.8) is 0 Å². The number of methoxy groups -OCH3 is 1. The van der Waals surface area contributed by atoms with Gasteiger partial charge in [0.1, 0.15) is 5.52 Å². The van der Waals surface area contributed by atoms with Gasteiger partial charge in [0.2, 0.25) is 0 Å². The molecule has 0 aromatic carbocycles. The fourth-order valence-corrected chi connectivity index (χ4v) is 1.15. The normalized spacial score (nSPS) is 10.6. The molecule has 2 rings (SSSR count). The molecule has 0 spiro atoms. The maximum Gasteiger partial charge on any atom is 0.294 e. The number of nitrogens with one attached hydrogen (secondary N) is 1. The fourth-order valence-electron chi connectivity index (χ4n) is 1.15.